The number of amides is 1. The summed E-state index contributed by atoms with van der Waals surface area (Å²) in [6.45, 7) is 4.37. The molecule has 5 nitrogen and oxygen atoms in total. The summed E-state index contributed by atoms with van der Waals surface area (Å²) >= 11 is 11.5. The molecule has 0 aliphatic rings. The molecule has 1 unspecified atom stereocenters. The number of nitrogens with zero attached hydrogens (tertiary/aromatic N) is 2. The van der Waals surface area contributed by atoms with Crippen molar-refractivity contribution in [2.75, 3.05) is 11.9 Å². The van der Waals surface area contributed by atoms with Crippen LogP contribution in [-0.4, -0.2) is 28.7 Å². The smallest absolute Gasteiger partial charge is 0.242 e. The Kier molecular flexibility index (Phi) is 5.44. The van der Waals surface area contributed by atoms with E-state index >= 15 is 0 Å². The molecule has 0 saturated carbocycles. The van der Waals surface area contributed by atoms with E-state index in [1.807, 2.05) is 6.92 Å². The predicted octanol–water partition coefficient (Wildman–Crippen LogP) is 2.11. The molecule has 2 N–H and O–H groups in total. The van der Waals surface area contributed by atoms with E-state index in [2.05, 4.69) is 20.8 Å². The molecule has 7 heteroatoms. The first-order valence-corrected chi connectivity index (χ1v) is 6.03. The molecule has 0 aliphatic heterocycles. The second kappa shape index (κ2) is 6.61. The maximum atomic E-state index is 11.6. The van der Waals surface area contributed by atoms with Crippen LogP contribution in [0.5, 0.6) is 0 Å². The Morgan fingerprint density at radius 2 is 2.18 bits per heavy atom. The molecule has 1 rings (SSSR count). The van der Waals surface area contributed by atoms with Crippen molar-refractivity contribution in [1.82, 2.24) is 15.5 Å². The van der Waals surface area contributed by atoms with Crippen LogP contribution in [0.1, 0.15) is 20.3 Å². The summed E-state index contributed by atoms with van der Waals surface area (Å²) in [5, 5.41) is 13.3. The van der Waals surface area contributed by atoms with Crippen LogP contribution in [0.2, 0.25) is 10.3 Å². The van der Waals surface area contributed by atoms with Gasteiger partial charge in [0.15, 0.2) is 10.3 Å². The molecule has 17 heavy (non-hydrogen) atoms. The lowest BCUT2D eigenvalue weighted by atomic mass is 10.3. The topological polar surface area (TPSA) is 66.9 Å². The molecule has 1 heterocycles. The Labute approximate surface area is 110 Å². The number of rotatable bonds is 5. The maximum absolute atomic E-state index is 11.6. The fourth-order valence-electron chi connectivity index (χ4n) is 1.15. The van der Waals surface area contributed by atoms with E-state index < -0.39 is 6.04 Å². The molecule has 94 valence electrons. The van der Waals surface area contributed by atoms with Gasteiger partial charge in [-0.1, -0.05) is 30.1 Å². The van der Waals surface area contributed by atoms with Crippen molar-refractivity contribution in [3.05, 3.63) is 16.4 Å². The second-order valence-corrected chi connectivity index (χ2v) is 4.27. The average Bonchev–Trinajstić information content (AvgIpc) is 2.30. The SMILES string of the molecule is CCCNC(=O)C(C)Nc1cc(Cl)nnc1Cl. The van der Waals surface area contributed by atoms with Crippen molar-refractivity contribution in [3.63, 3.8) is 0 Å². The molecule has 1 amide bonds. The van der Waals surface area contributed by atoms with Crippen molar-refractivity contribution < 1.29 is 4.79 Å². The molecule has 1 aromatic heterocycles. The van der Waals surface area contributed by atoms with Gasteiger partial charge in [0.25, 0.3) is 0 Å². The first kappa shape index (κ1) is 14.0. The zero-order valence-corrected chi connectivity index (χ0v) is 11.1. The minimum atomic E-state index is -0.417. The Balaban J connectivity index is 2.64. The van der Waals surface area contributed by atoms with Gasteiger partial charge in [-0.25, -0.2) is 0 Å². The zero-order chi connectivity index (χ0) is 12.8. The van der Waals surface area contributed by atoms with Crippen LogP contribution in [0, 0.1) is 0 Å². The molecule has 0 spiro atoms. The summed E-state index contributed by atoms with van der Waals surface area (Å²) in [7, 11) is 0. The molecule has 0 aromatic carbocycles. The lowest BCUT2D eigenvalue weighted by molar-refractivity contribution is -0.121. The molecule has 0 saturated heterocycles. The highest BCUT2D eigenvalue weighted by Crippen LogP contribution is 2.21. The van der Waals surface area contributed by atoms with Gasteiger partial charge in [0.05, 0.1) is 5.69 Å². The summed E-state index contributed by atoms with van der Waals surface area (Å²) in [5.41, 5.74) is 0.491. The fourth-order valence-corrected chi connectivity index (χ4v) is 1.45. The Hall–Kier alpha value is -1.07. The lowest BCUT2D eigenvalue weighted by Crippen LogP contribution is -2.38. The summed E-state index contributed by atoms with van der Waals surface area (Å²) in [6, 6.07) is 1.11. The summed E-state index contributed by atoms with van der Waals surface area (Å²) in [5.74, 6) is -0.101. The molecular weight excluding hydrogens is 263 g/mol. The highest BCUT2D eigenvalue weighted by atomic mass is 35.5. The number of hydrogen-bond donors (Lipinski definition) is 2. The largest absolute Gasteiger partial charge is 0.371 e. The van der Waals surface area contributed by atoms with Crippen molar-refractivity contribution in [3.8, 4) is 0 Å². The molecular formula is C10H14Cl2N4O. The summed E-state index contributed by atoms with van der Waals surface area (Å²) in [4.78, 5) is 11.6. The van der Waals surface area contributed by atoms with Gasteiger partial charge >= 0.3 is 0 Å². The predicted molar refractivity (Wildman–Crippen MR) is 68.4 cm³/mol. The minimum absolute atomic E-state index is 0.101. The first-order valence-electron chi connectivity index (χ1n) is 5.27. The molecule has 0 bridgehead atoms. The second-order valence-electron chi connectivity index (χ2n) is 3.53. The van der Waals surface area contributed by atoms with Crippen LogP contribution in [0.15, 0.2) is 6.07 Å². The van der Waals surface area contributed by atoms with Gasteiger partial charge in [0, 0.05) is 12.6 Å². The van der Waals surface area contributed by atoms with Crippen molar-refractivity contribution in [1.29, 1.82) is 0 Å². The van der Waals surface area contributed by atoms with Gasteiger partial charge in [0.2, 0.25) is 5.91 Å². The highest BCUT2D eigenvalue weighted by molar-refractivity contribution is 6.33. The van der Waals surface area contributed by atoms with E-state index in [0.29, 0.717) is 12.2 Å². The fraction of sp³-hybridized carbons (Fsp3) is 0.500. The van der Waals surface area contributed by atoms with E-state index in [0.717, 1.165) is 6.42 Å². The molecule has 0 aliphatic carbocycles. The van der Waals surface area contributed by atoms with Crippen molar-refractivity contribution >= 4 is 34.8 Å². The molecule has 0 radical (unpaired) electrons. The monoisotopic (exact) mass is 276 g/mol. The van der Waals surface area contributed by atoms with Crippen LogP contribution in [0.4, 0.5) is 5.69 Å². The van der Waals surface area contributed by atoms with E-state index in [9.17, 15) is 4.79 Å². The van der Waals surface area contributed by atoms with Crippen molar-refractivity contribution in [2.45, 2.75) is 26.3 Å². The van der Waals surface area contributed by atoms with Crippen LogP contribution < -0.4 is 10.6 Å². The van der Waals surface area contributed by atoms with E-state index in [1.165, 1.54) is 6.07 Å². The van der Waals surface area contributed by atoms with E-state index in [4.69, 9.17) is 23.2 Å². The van der Waals surface area contributed by atoms with Gasteiger partial charge < -0.3 is 10.6 Å². The Morgan fingerprint density at radius 3 is 2.82 bits per heavy atom. The minimum Gasteiger partial charge on any atom is -0.371 e. The number of halogens is 2. The average molecular weight is 277 g/mol. The summed E-state index contributed by atoms with van der Waals surface area (Å²) in [6.07, 6.45) is 0.891. The van der Waals surface area contributed by atoms with Gasteiger partial charge in [-0.2, -0.15) is 0 Å². The number of hydrogen-bond acceptors (Lipinski definition) is 4. The van der Waals surface area contributed by atoms with Crippen LogP contribution >= 0.6 is 23.2 Å². The summed E-state index contributed by atoms with van der Waals surface area (Å²) < 4.78 is 0. The van der Waals surface area contributed by atoms with Gasteiger partial charge in [-0.05, 0) is 13.3 Å². The normalized spacial score (nSPS) is 12.0. The molecule has 0 fully saturated rings. The first-order chi connectivity index (χ1) is 8.04. The van der Waals surface area contributed by atoms with E-state index in [-0.39, 0.29) is 16.2 Å². The number of anilines is 1. The van der Waals surface area contributed by atoms with Crippen LogP contribution in [0.3, 0.4) is 0 Å². The third-order valence-corrected chi connectivity index (χ3v) is 2.50. The van der Waals surface area contributed by atoms with E-state index in [1.54, 1.807) is 6.92 Å². The van der Waals surface area contributed by atoms with Crippen molar-refractivity contribution in [2.24, 2.45) is 0 Å². The highest BCUT2D eigenvalue weighted by Gasteiger charge is 2.14. The van der Waals surface area contributed by atoms with Gasteiger partial charge in [0.1, 0.15) is 6.04 Å². The van der Waals surface area contributed by atoms with Crippen LogP contribution in [0.25, 0.3) is 0 Å². The third kappa shape index (κ3) is 4.36. The third-order valence-electron chi connectivity index (χ3n) is 2.03. The van der Waals surface area contributed by atoms with Crippen LogP contribution in [-0.2, 0) is 4.79 Å². The Bertz CT molecular complexity index is 400. The molecule has 1 aromatic rings. The standard InChI is InChI=1S/C10H14Cl2N4O/c1-3-4-13-10(17)6(2)14-7-5-8(11)15-16-9(7)12/h5-6H,3-4H2,1-2H3,(H,13,17)(H,14,15). The number of aromatic nitrogens is 2. The zero-order valence-electron chi connectivity index (χ0n) is 9.63. The molecule has 1 atom stereocenters. The van der Waals surface area contributed by atoms with Gasteiger partial charge in [-0.3, -0.25) is 4.79 Å². The Morgan fingerprint density at radius 1 is 1.47 bits per heavy atom. The number of nitrogens with one attached hydrogen (secondary N) is 2. The lowest BCUT2D eigenvalue weighted by Gasteiger charge is -2.15. The van der Waals surface area contributed by atoms with Gasteiger partial charge in [-0.15, -0.1) is 10.2 Å². The number of carbonyl (C=O) groups excluding carboxylic acids is 1. The number of carbonyl (C=O) groups is 1. The quantitative estimate of drug-likeness (QED) is 0.865. The maximum Gasteiger partial charge on any atom is 0.242 e.